The molecule has 1 saturated carbocycles. The molecule has 1 aromatic carbocycles. The first kappa shape index (κ1) is 11.2. The molecule has 1 aliphatic rings. The van der Waals surface area contributed by atoms with E-state index in [9.17, 15) is 4.39 Å². The molecule has 16 heavy (non-hydrogen) atoms. The summed E-state index contributed by atoms with van der Waals surface area (Å²) >= 11 is 0. The molecule has 1 N–H and O–H groups in total. The Kier molecular flexibility index (Phi) is 3.03. The maximum atomic E-state index is 13.9. The number of benzene rings is 1. The molecule has 1 aliphatic carbocycles. The molecule has 0 radical (unpaired) electrons. The fraction of sp³-hybridized carbons (Fsp3) is 0.538. The molecule has 2 rings (SSSR count). The van der Waals surface area contributed by atoms with Gasteiger partial charge < -0.3 is 10.2 Å². The van der Waals surface area contributed by atoms with Crippen molar-refractivity contribution in [2.24, 2.45) is 0 Å². The second-order valence-electron chi connectivity index (χ2n) is 4.79. The van der Waals surface area contributed by atoms with Crippen LogP contribution in [0, 0.1) is 5.82 Å². The van der Waals surface area contributed by atoms with Gasteiger partial charge in [-0.05, 0) is 44.9 Å². The van der Waals surface area contributed by atoms with Crippen molar-refractivity contribution in [1.82, 2.24) is 0 Å². The molecule has 2 nitrogen and oxygen atoms in total. The van der Waals surface area contributed by atoms with Crippen LogP contribution in [0.1, 0.15) is 26.7 Å². The van der Waals surface area contributed by atoms with Gasteiger partial charge in [0.25, 0.3) is 0 Å². The van der Waals surface area contributed by atoms with Crippen molar-refractivity contribution >= 4 is 11.4 Å². The Bertz CT molecular complexity index is 372. The zero-order valence-electron chi connectivity index (χ0n) is 10.1. The van der Waals surface area contributed by atoms with E-state index < -0.39 is 0 Å². The third-order valence-electron chi connectivity index (χ3n) is 3.05. The average Bonchev–Trinajstić information content (AvgIpc) is 3.01. The Morgan fingerprint density at radius 1 is 1.38 bits per heavy atom. The minimum absolute atomic E-state index is 0.151. The fourth-order valence-electron chi connectivity index (χ4n) is 1.62. The summed E-state index contributed by atoms with van der Waals surface area (Å²) in [6.07, 6.45) is 2.41. The predicted octanol–water partition coefficient (Wildman–Crippen LogP) is 3.24. The summed E-state index contributed by atoms with van der Waals surface area (Å²) in [6.45, 7) is 4.10. The zero-order chi connectivity index (χ0) is 11.7. The van der Waals surface area contributed by atoms with E-state index in [0.29, 0.717) is 17.8 Å². The van der Waals surface area contributed by atoms with Gasteiger partial charge in [0.05, 0.1) is 5.69 Å². The lowest BCUT2D eigenvalue weighted by molar-refractivity contribution is 0.614. The largest absolute Gasteiger partial charge is 0.382 e. The van der Waals surface area contributed by atoms with Gasteiger partial charge in [-0.25, -0.2) is 4.39 Å². The molecule has 0 atom stereocenters. The number of halogens is 1. The number of rotatable bonds is 4. The summed E-state index contributed by atoms with van der Waals surface area (Å²) in [7, 11) is 1.91. The topological polar surface area (TPSA) is 15.3 Å². The van der Waals surface area contributed by atoms with Crippen LogP contribution in [0.3, 0.4) is 0 Å². The standard InChI is InChI=1S/C13H19FN2/c1-9(2)16(3)13-7-6-11(8-12(13)14)15-10-4-5-10/h6-10,15H,4-5H2,1-3H3. The van der Waals surface area contributed by atoms with Crippen LogP contribution >= 0.6 is 0 Å². The SMILES string of the molecule is CC(C)N(C)c1ccc(NC2CC2)cc1F. The molecule has 0 heterocycles. The highest BCUT2D eigenvalue weighted by Crippen LogP contribution is 2.28. The quantitative estimate of drug-likeness (QED) is 0.841. The monoisotopic (exact) mass is 222 g/mol. The van der Waals surface area contributed by atoms with Crippen LogP contribution in [0.4, 0.5) is 15.8 Å². The summed E-state index contributed by atoms with van der Waals surface area (Å²) in [4.78, 5) is 1.94. The van der Waals surface area contributed by atoms with E-state index in [1.165, 1.54) is 12.8 Å². The van der Waals surface area contributed by atoms with E-state index in [0.717, 1.165) is 5.69 Å². The van der Waals surface area contributed by atoms with Gasteiger partial charge in [-0.3, -0.25) is 0 Å². The van der Waals surface area contributed by atoms with Crippen LogP contribution in [0.5, 0.6) is 0 Å². The van der Waals surface area contributed by atoms with Gasteiger partial charge in [0.15, 0.2) is 0 Å². The highest BCUT2D eigenvalue weighted by Gasteiger charge is 2.21. The Labute approximate surface area is 96.5 Å². The van der Waals surface area contributed by atoms with E-state index in [-0.39, 0.29) is 5.82 Å². The Morgan fingerprint density at radius 2 is 2.06 bits per heavy atom. The van der Waals surface area contributed by atoms with Gasteiger partial charge in [0.1, 0.15) is 5.82 Å². The fourth-order valence-corrected chi connectivity index (χ4v) is 1.62. The van der Waals surface area contributed by atoms with Gasteiger partial charge in [-0.1, -0.05) is 0 Å². The Hall–Kier alpha value is -1.25. The van der Waals surface area contributed by atoms with Crippen molar-refractivity contribution in [2.45, 2.75) is 38.8 Å². The number of hydrogen-bond acceptors (Lipinski definition) is 2. The third kappa shape index (κ3) is 2.46. The van der Waals surface area contributed by atoms with Crippen LogP contribution in [0.2, 0.25) is 0 Å². The molecule has 0 aliphatic heterocycles. The van der Waals surface area contributed by atoms with Crippen molar-refractivity contribution in [2.75, 3.05) is 17.3 Å². The van der Waals surface area contributed by atoms with E-state index in [4.69, 9.17) is 0 Å². The normalized spacial score (nSPS) is 15.3. The maximum Gasteiger partial charge on any atom is 0.148 e. The molecular formula is C13H19FN2. The summed E-state index contributed by atoms with van der Waals surface area (Å²) in [6, 6.07) is 6.26. The van der Waals surface area contributed by atoms with Crippen LogP contribution in [0.25, 0.3) is 0 Å². The molecular weight excluding hydrogens is 203 g/mol. The molecule has 0 bridgehead atoms. The van der Waals surface area contributed by atoms with Crippen molar-refractivity contribution < 1.29 is 4.39 Å². The molecule has 0 amide bonds. The van der Waals surface area contributed by atoms with Gasteiger partial charge in [0.2, 0.25) is 0 Å². The zero-order valence-corrected chi connectivity index (χ0v) is 10.1. The molecule has 0 spiro atoms. The van der Waals surface area contributed by atoms with Crippen molar-refractivity contribution in [3.63, 3.8) is 0 Å². The minimum Gasteiger partial charge on any atom is -0.382 e. The molecule has 1 fully saturated rings. The van der Waals surface area contributed by atoms with Crippen LogP contribution in [-0.2, 0) is 0 Å². The lowest BCUT2D eigenvalue weighted by Crippen LogP contribution is -2.26. The first-order valence-corrected chi connectivity index (χ1v) is 5.87. The van der Waals surface area contributed by atoms with E-state index in [1.54, 1.807) is 6.07 Å². The lowest BCUT2D eigenvalue weighted by atomic mass is 10.2. The molecule has 3 heteroatoms. The van der Waals surface area contributed by atoms with Gasteiger partial charge in [-0.2, -0.15) is 0 Å². The molecule has 1 aromatic rings. The maximum absolute atomic E-state index is 13.9. The second-order valence-corrected chi connectivity index (χ2v) is 4.79. The molecule has 0 unspecified atom stereocenters. The van der Waals surface area contributed by atoms with Crippen LogP contribution in [0.15, 0.2) is 18.2 Å². The van der Waals surface area contributed by atoms with Gasteiger partial charge in [0, 0.05) is 24.8 Å². The highest BCUT2D eigenvalue weighted by atomic mass is 19.1. The summed E-state index contributed by atoms with van der Waals surface area (Å²) in [5, 5.41) is 3.29. The van der Waals surface area contributed by atoms with E-state index >= 15 is 0 Å². The Balaban J connectivity index is 2.14. The second kappa shape index (κ2) is 4.32. The molecule has 88 valence electrons. The predicted molar refractivity (Wildman–Crippen MR) is 66.6 cm³/mol. The number of nitrogens with zero attached hydrogens (tertiary/aromatic N) is 1. The van der Waals surface area contributed by atoms with Crippen LogP contribution < -0.4 is 10.2 Å². The van der Waals surface area contributed by atoms with Crippen molar-refractivity contribution in [3.8, 4) is 0 Å². The van der Waals surface area contributed by atoms with Crippen molar-refractivity contribution in [1.29, 1.82) is 0 Å². The molecule has 0 saturated heterocycles. The number of nitrogens with one attached hydrogen (secondary N) is 1. The van der Waals surface area contributed by atoms with Gasteiger partial charge >= 0.3 is 0 Å². The average molecular weight is 222 g/mol. The Morgan fingerprint density at radius 3 is 2.56 bits per heavy atom. The van der Waals surface area contributed by atoms with E-state index in [2.05, 4.69) is 19.2 Å². The minimum atomic E-state index is -0.151. The first-order valence-electron chi connectivity index (χ1n) is 5.87. The summed E-state index contributed by atoms with van der Waals surface area (Å²) in [5.41, 5.74) is 1.55. The van der Waals surface area contributed by atoms with E-state index in [1.807, 2.05) is 24.1 Å². The van der Waals surface area contributed by atoms with Crippen molar-refractivity contribution in [3.05, 3.63) is 24.0 Å². The summed E-state index contributed by atoms with van der Waals surface area (Å²) in [5.74, 6) is -0.151. The smallest absolute Gasteiger partial charge is 0.148 e. The molecule has 0 aromatic heterocycles. The lowest BCUT2D eigenvalue weighted by Gasteiger charge is -2.24. The number of anilines is 2. The summed E-state index contributed by atoms with van der Waals surface area (Å²) < 4.78 is 13.9. The third-order valence-corrected chi connectivity index (χ3v) is 3.05. The highest BCUT2D eigenvalue weighted by molar-refractivity contribution is 5.57. The number of hydrogen-bond donors (Lipinski definition) is 1. The van der Waals surface area contributed by atoms with Crippen LogP contribution in [-0.4, -0.2) is 19.1 Å². The van der Waals surface area contributed by atoms with Gasteiger partial charge in [-0.15, -0.1) is 0 Å². The first-order chi connectivity index (χ1) is 7.58.